The Morgan fingerprint density at radius 2 is 2.06 bits per heavy atom. The Morgan fingerprint density at radius 1 is 1.29 bits per heavy atom. The molecule has 11 nitrogen and oxygen atoms in total. The molecule has 1 aliphatic heterocycles. The highest BCUT2D eigenvalue weighted by Crippen LogP contribution is 2.28. The van der Waals surface area contributed by atoms with Gasteiger partial charge in [-0.3, -0.25) is 9.36 Å². The maximum Gasteiger partial charge on any atom is 0.419 e. The van der Waals surface area contributed by atoms with Crippen LogP contribution in [0.2, 0.25) is 0 Å². The molecule has 160 valence electrons. The monoisotopic (exact) mass is 447 g/mol. The number of halogens is 1. The maximum absolute atomic E-state index is 13.8. The van der Waals surface area contributed by atoms with Crippen LogP contribution in [0, 0.1) is 5.82 Å². The molecule has 1 amide bonds. The van der Waals surface area contributed by atoms with Crippen molar-refractivity contribution in [1.82, 2.24) is 19.0 Å². The highest BCUT2D eigenvalue weighted by molar-refractivity contribution is 7.88. The minimum Gasteiger partial charge on any atom is -0.464 e. The molecule has 0 fully saturated rings. The molecule has 0 bridgehead atoms. The molecule has 3 aromatic rings. The molecule has 4 rings (SSSR count). The Kier molecular flexibility index (Phi) is 4.91. The number of fused-ring (bicyclic) bond motifs is 4. The van der Waals surface area contributed by atoms with E-state index in [4.69, 9.17) is 9.94 Å². The fourth-order valence-corrected chi connectivity index (χ4v) is 3.91. The summed E-state index contributed by atoms with van der Waals surface area (Å²) in [5.74, 6) is -0.372. The van der Waals surface area contributed by atoms with E-state index in [-0.39, 0.29) is 29.0 Å². The first-order valence-electron chi connectivity index (χ1n) is 8.68. The summed E-state index contributed by atoms with van der Waals surface area (Å²) in [6.45, 7) is -0.247. The zero-order valence-corrected chi connectivity index (χ0v) is 16.6. The molecule has 13 heteroatoms. The Balaban J connectivity index is 1.80. The average Bonchev–Trinajstić information content (AvgIpc) is 2.99. The van der Waals surface area contributed by atoms with Gasteiger partial charge >= 0.3 is 16.3 Å². The quantitative estimate of drug-likeness (QED) is 0.383. The van der Waals surface area contributed by atoms with Crippen LogP contribution >= 0.6 is 0 Å². The van der Waals surface area contributed by atoms with Crippen LogP contribution in [0.25, 0.3) is 16.6 Å². The lowest BCUT2D eigenvalue weighted by Crippen LogP contribution is -2.39. The van der Waals surface area contributed by atoms with Crippen molar-refractivity contribution in [3.05, 3.63) is 69.5 Å². The van der Waals surface area contributed by atoms with E-state index in [0.29, 0.717) is 16.8 Å². The summed E-state index contributed by atoms with van der Waals surface area (Å²) < 4.78 is 41.8. The van der Waals surface area contributed by atoms with Gasteiger partial charge < -0.3 is 9.94 Å². The van der Waals surface area contributed by atoms with Gasteiger partial charge in [0.15, 0.2) is 11.5 Å². The Labute approximate surface area is 174 Å². The molecule has 0 unspecified atom stereocenters. The fraction of sp³-hybridized carbons (Fsp3) is 0.111. The molecule has 0 saturated carbocycles. The molecule has 31 heavy (non-hydrogen) atoms. The number of hydrogen-bond acceptors (Lipinski definition) is 7. The first-order valence-corrected chi connectivity index (χ1v) is 10.2. The van der Waals surface area contributed by atoms with Gasteiger partial charge in [0.25, 0.3) is 5.56 Å². The molecule has 0 spiro atoms. The summed E-state index contributed by atoms with van der Waals surface area (Å²) in [6, 6.07) is 8.35. The van der Waals surface area contributed by atoms with Crippen LogP contribution in [0.15, 0.2) is 46.3 Å². The average molecular weight is 447 g/mol. The van der Waals surface area contributed by atoms with Crippen molar-refractivity contribution in [3.8, 4) is 5.69 Å². The van der Waals surface area contributed by atoms with E-state index in [9.17, 15) is 22.4 Å². The van der Waals surface area contributed by atoms with Crippen molar-refractivity contribution in [3.63, 3.8) is 0 Å². The summed E-state index contributed by atoms with van der Waals surface area (Å²) in [6.07, 6.45) is -1.72. The van der Waals surface area contributed by atoms with Crippen LogP contribution in [0.1, 0.15) is 17.0 Å². The highest BCUT2D eigenvalue weighted by Gasteiger charge is 2.30. The van der Waals surface area contributed by atoms with Gasteiger partial charge in [-0.2, -0.15) is 13.1 Å². The van der Waals surface area contributed by atoms with E-state index in [2.05, 4.69) is 14.9 Å². The molecule has 1 aromatic heterocycles. The largest absolute Gasteiger partial charge is 0.464 e. The van der Waals surface area contributed by atoms with E-state index in [1.165, 1.54) is 52.8 Å². The maximum atomic E-state index is 13.8. The number of rotatable bonds is 5. The van der Waals surface area contributed by atoms with E-state index < -0.39 is 27.7 Å². The van der Waals surface area contributed by atoms with Gasteiger partial charge in [0.1, 0.15) is 12.9 Å². The van der Waals surface area contributed by atoms with Gasteiger partial charge in [0.2, 0.25) is 0 Å². The number of nitrogens with one attached hydrogen (secondary N) is 2. The fourth-order valence-electron chi connectivity index (χ4n) is 3.25. The number of carbonyl (C=O) groups is 1. The first kappa shape index (κ1) is 20.4. The summed E-state index contributed by atoms with van der Waals surface area (Å²) in [5, 5.41) is 12.7. The van der Waals surface area contributed by atoms with Crippen LogP contribution in [-0.4, -0.2) is 42.0 Å². The number of oxime groups is 1. The second kappa shape index (κ2) is 7.45. The lowest BCUT2D eigenvalue weighted by atomic mass is 10.1. The van der Waals surface area contributed by atoms with Crippen molar-refractivity contribution in [2.24, 2.45) is 5.16 Å². The normalized spacial score (nSPS) is 13.8. The van der Waals surface area contributed by atoms with Gasteiger partial charge in [-0.05, 0) is 35.9 Å². The molecule has 1 aliphatic rings. The van der Waals surface area contributed by atoms with Gasteiger partial charge in [-0.15, -0.1) is 0 Å². The molecular formula is C18H14FN5O6S. The third-order valence-corrected chi connectivity index (χ3v) is 5.44. The second-order valence-corrected chi connectivity index (χ2v) is 7.94. The summed E-state index contributed by atoms with van der Waals surface area (Å²) in [7, 11) is -2.95. The number of benzene rings is 2. The summed E-state index contributed by atoms with van der Waals surface area (Å²) in [4.78, 5) is 32.9. The minimum atomic E-state index is -4.26. The van der Waals surface area contributed by atoms with E-state index >= 15 is 0 Å². The zero-order valence-electron chi connectivity index (χ0n) is 15.8. The van der Waals surface area contributed by atoms with Crippen LogP contribution < -0.4 is 15.0 Å². The van der Waals surface area contributed by atoms with Crippen molar-refractivity contribution in [2.75, 3.05) is 7.11 Å². The topological polar surface area (TPSA) is 152 Å². The lowest BCUT2D eigenvalue weighted by Gasteiger charge is -2.09. The Hall–Kier alpha value is -3.84. The number of hydrogen-bond donors (Lipinski definition) is 3. The smallest absolute Gasteiger partial charge is 0.419 e. The number of nitrogens with zero attached hydrogens (tertiary/aromatic N) is 3. The van der Waals surface area contributed by atoms with E-state index in [1.807, 2.05) is 0 Å². The molecule has 2 heterocycles. The summed E-state index contributed by atoms with van der Waals surface area (Å²) in [5.41, 5.74) is 1.17. The predicted octanol–water partition coefficient (Wildman–Crippen LogP) is 0.839. The van der Waals surface area contributed by atoms with Crippen molar-refractivity contribution >= 4 is 32.9 Å². The minimum absolute atomic E-state index is 0.144. The van der Waals surface area contributed by atoms with Gasteiger partial charge in [-0.25, -0.2) is 18.9 Å². The Bertz CT molecular complexity index is 1430. The molecule has 0 radical (unpaired) electrons. The predicted molar refractivity (Wildman–Crippen MR) is 107 cm³/mol. The van der Waals surface area contributed by atoms with Crippen molar-refractivity contribution < 1.29 is 27.5 Å². The lowest BCUT2D eigenvalue weighted by molar-refractivity contribution is 0.201. The zero-order chi connectivity index (χ0) is 22.3. The first-order chi connectivity index (χ1) is 14.7. The second-order valence-electron chi connectivity index (χ2n) is 6.44. The van der Waals surface area contributed by atoms with Crippen molar-refractivity contribution in [2.45, 2.75) is 6.54 Å². The SMILES string of the molecule is CON=C1c2cc(F)ccc2-n2c1nc1cc(CNS(=O)(=O)NC(=O)O)ccc1c2=O. The van der Waals surface area contributed by atoms with Crippen LogP contribution in [0.5, 0.6) is 0 Å². The number of amides is 1. The standard InChI is InChI=1S/C18H14FN5O6S/c1-30-22-15-12-7-10(19)3-5-14(12)24-16(15)21-13-6-9(2-4-11(13)17(24)25)8-20-31(28,29)23-18(26)27/h2-7,20,23H,8H2,1H3,(H,26,27). The molecule has 0 atom stereocenters. The van der Waals surface area contributed by atoms with Crippen LogP contribution in [0.3, 0.4) is 0 Å². The third-order valence-electron chi connectivity index (χ3n) is 4.47. The molecule has 0 saturated heterocycles. The van der Waals surface area contributed by atoms with E-state index in [1.54, 1.807) is 0 Å². The van der Waals surface area contributed by atoms with Gasteiger partial charge in [0.05, 0.1) is 16.6 Å². The third kappa shape index (κ3) is 3.71. The molecule has 2 aromatic carbocycles. The van der Waals surface area contributed by atoms with Crippen LogP contribution in [-0.2, 0) is 21.6 Å². The van der Waals surface area contributed by atoms with E-state index in [0.717, 1.165) is 0 Å². The number of carboxylic acid groups (broad SMARTS) is 1. The highest BCUT2D eigenvalue weighted by atomic mass is 32.2. The summed E-state index contributed by atoms with van der Waals surface area (Å²) >= 11 is 0. The molecule has 3 N–H and O–H groups in total. The molecular weight excluding hydrogens is 433 g/mol. The van der Waals surface area contributed by atoms with Crippen LogP contribution in [0.4, 0.5) is 9.18 Å². The van der Waals surface area contributed by atoms with Gasteiger partial charge in [-0.1, -0.05) is 11.2 Å². The number of aromatic nitrogens is 2. The Morgan fingerprint density at radius 3 is 2.77 bits per heavy atom. The van der Waals surface area contributed by atoms with Gasteiger partial charge in [0, 0.05) is 12.1 Å². The van der Waals surface area contributed by atoms with Crippen molar-refractivity contribution in [1.29, 1.82) is 0 Å². The molecule has 0 aliphatic carbocycles.